The Hall–Kier alpha value is -1.13. The molecule has 0 amide bonds. The van der Waals surface area contributed by atoms with Gasteiger partial charge in [0.15, 0.2) is 0 Å². The Balaban J connectivity index is 2.50. The quantitative estimate of drug-likeness (QED) is 0.914. The van der Waals surface area contributed by atoms with Crippen LogP contribution in [0.5, 0.6) is 0 Å². The molecule has 0 spiro atoms. The zero-order valence-electron chi connectivity index (χ0n) is 12.4. The summed E-state index contributed by atoms with van der Waals surface area (Å²) in [6.07, 6.45) is 2.74. The van der Waals surface area contributed by atoms with Gasteiger partial charge in [0.05, 0.1) is 16.4 Å². The Bertz CT molecular complexity index is 585. The topological polar surface area (TPSA) is 38.1 Å². The monoisotopic (exact) mass is 336 g/mol. The van der Waals surface area contributed by atoms with E-state index in [9.17, 15) is 5.11 Å². The molecule has 0 saturated heterocycles. The highest BCUT2D eigenvalue weighted by atomic mass is 79.9. The van der Waals surface area contributed by atoms with Crippen molar-refractivity contribution < 1.29 is 5.11 Å². The third kappa shape index (κ3) is 2.67. The van der Waals surface area contributed by atoms with Crippen LogP contribution in [0, 0.1) is 0 Å². The van der Waals surface area contributed by atoms with Gasteiger partial charge in [-0.1, -0.05) is 31.2 Å². The van der Waals surface area contributed by atoms with Gasteiger partial charge in [-0.3, -0.25) is 4.68 Å². The predicted molar refractivity (Wildman–Crippen MR) is 84.8 cm³/mol. The SMILES string of the molecule is CCc1ccc(C(C)(O)c2c(Br)cnn2C(C)C)cc1. The van der Waals surface area contributed by atoms with Crippen LogP contribution in [0.3, 0.4) is 0 Å². The van der Waals surface area contributed by atoms with Gasteiger partial charge >= 0.3 is 0 Å². The molecule has 0 bridgehead atoms. The van der Waals surface area contributed by atoms with Crippen molar-refractivity contribution in [3.05, 3.63) is 51.8 Å². The number of hydrogen-bond acceptors (Lipinski definition) is 2. The average molecular weight is 337 g/mol. The largest absolute Gasteiger partial charge is 0.379 e. The Morgan fingerprint density at radius 2 is 1.90 bits per heavy atom. The van der Waals surface area contributed by atoms with Crippen molar-refractivity contribution in [3.8, 4) is 0 Å². The molecule has 0 fully saturated rings. The molecule has 1 atom stereocenters. The van der Waals surface area contributed by atoms with E-state index in [0.29, 0.717) is 0 Å². The highest BCUT2D eigenvalue weighted by Gasteiger charge is 2.32. The van der Waals surface area contributed by atoms with Crippen molar-refractivity contribution in [1.29, 1.82) is 0 Å². The molecular weight excluding hydrogens is 316 g/mol. The number of rotatable bonds is 4. The van der Waals surface area contributed by atoms with Crippen molar-refractivity contribution in [2.45, 2.75) is 45.8 Å². The van der Waals surface area contributed by atoms with Gasteiger partial charge in [0.2, 0.25) is 0 Å². The van der Waals surface area contributed by atoms with Crippen LogP contribution in [-0.2, 0) is 12.0 Å². The molecule has 0 aliphatic rings. The highest BCUT2D eigenvalue weighted by molar-refractivity contribution is 9.10. The second-order valence-electron chi connectivity index (χ2n) is 5.50. The minimum atomic E-state index is -1.08. The normalized spacial score (nSPS) is 14.6. The molecule has 0 saturated carbocycles. The average Bonchev–Trinajstić information content (AvgIpc) is 2.81. The molecule has 0 aliphatic carbocycles. The number of aromatic nitrogens is 2. The second-order valence-corrected chi connectivity index (χ2v) is 6.36. The zero-order chi connectivity index (χ0) is 14.9. The van der Waals surface area contributed by atoms with Crippen LogP contribution < -0.4 is 0 Å². The summed E-state index contributed by atoms with van der Waals surface area (Å²) in [5.41, 5.74) is 1.85. The lowest BCUT2D eigenvalue weighted by Gasteiger charge is -2.27. The van der Waals surface area contributed by atoms with Crippen molar-refractivity contribution >= 4 is 15.9 Å². The number of aliphatic hydroxyl groups is 1. The maximum Gasteiger partial charge on any atom is 0.129 e. The van der Waals surface area contributed by atoms with Gasteiger partial charge in [-0.15, -0.1) is 0 Å². The molecule has 20 heavy (non-hydrogen) atoms. The molecule has 1 heterocycles. The van der Waals surface area contributed by atoms with Gasteiger partial charge in [-0.2, -0.15) is 5.10 Å². The maximum atomic E-state index is 11.0. The molecule has 3 nitrogen and oxygen atoms in total. The third-order valence-electron chi connectivity index (χ3n) is 3.63. The Kier molecular flexibility index (Phi) is 4.35. The van der Waals surface area contributed by atoms with Gasteiger partial charge in [-0.05, 0) is 54.2 Å². The van der Waals surface area contributed by atoms with Crippen LogP contribution in [0.15, 0.2) is 34.9 Å². The molecule has 0 aliphatic heterocycles. The molecule has 1 N–H and O–H groups in total. The first-order valence-corrected chi connectivity index (χ1v) is 7.72. The standard InChI is InChI=1S/C16H21BrN2O/c1-5-12-6-8-13(9-7-12)16(4,20)15-14(17)10-18-19(15)11(2)3/h6-11,20H,5H2,1-4H3. The lowest BCUT2D eigenvalue weighted by atomic mass is 9.91. The van der Waals surface area contributed by atoms with Crippen LogP contribution in [0.25, 0.3) is 0 Å². The molecule has 2 rings (SSSR count). The molecule has 1 unspecified atom stereocenters. The number of aryl methyl sites for hydroxylation is 1. The number of halogens is 1. The van der Waals surface area contributed by atoms with E-state index in [1.165, 1.54) is 5.56 Å². The molecule has 0 radical (unpaired) electrons. The lowest BCUT2D eigenvalue weighted by molar-refractivity contribution is 0.0892. The van der Waals surface area contributed by atoms with Crippen LogP contribution in [0.4, 0.5) is 0 Å². The minimum absolute atomic E-state index is 0.192. The first-order chi connectivity index (χ1) is 9.37. The summed E-state index contributed by atoms with van der Waals surface area (Å²) in [4.78, 5) is 0. The van der Waals surface area contributed by atoms with Gasteiger partial charge in [0.25, 0.3) is 0 Å². The van der Waals surface area contributed by atoms with Crippen LogP contribution >= 0.6 is 15.9 Å². The Morgan fingerprint density at radius 1 is 1.30 bits per heavy atom. The van der Waals surface area contributed by atoms with Gasteiger partial charge in [-0.25, -0.2) is 0 Å². The van der Waals surface area contributed by atoms with E-state index >= 15 is 0 Å². The summed E-state index contributed by atoms with van der Waals surface area (Å²) in [5, 5.41) is 15.4. The fourth-order valence-corrected chi connectivity index (χ4v) is 3.05. The van der Waals surface area contributed by atoms with E-state index < -0.39 is 5.60 Å². The summed E-state index contributed by atoms with van der Waals surface area (Å²) in [6.45, 7) is 8.05. The van der Waals surface area contributed by atoms with E-state index in [2.05, 4.69) is 53.9 Å². The van der Waals surface area contributed by atoms with E-state index in [1.54, 1.807) is 6.20 Å². The number of benzene rings is 1. The van der Waals surface area contributed by atoms with Crippen molar-refractivity contribution in [3.63, 3.8) is 0 Å². The number of nitrogens with zero attached hydrogens (tertiary/aromatic N) is 2. The van der Waals surface area contributed by atoms with Crippen LogP contribution in [0.2, 0.25) is 0 Å². The number of hydrogen-bond donors (Lipinski definition) is 1. The third-order valence-corrected chi connectivity index (χ3v) is 4.21. The van der Waals surface area contributed by atoms with Gasteiger partial charge < -0.3 is 5.11 Å². The molecule has 4 heteroatoms. The summed E-state index contributed by atoms with van der Waals surface area (Å²) in [5.74, 6) is 0. The Labute approximate surface area is 128 Å². The summed E-state index contributed by atoms with van der Waals surface area (Å²) >= 11 is 3.50. The summed E-state index contributed by atoms with van der Waals surface area (Å²) in [6, 6.07) is 8.30. The molecule has 2 aromatic rings. The van der Waals surface area contributed by atoms with Crippen molar-refractivity contribution in [2.24, 2.45) is 0 Å². The fraction of sp³-hybridized carbons (Fsp3) is 0.438. The van der Waals surface area contributed by atoms with E-state index in [-0.39, 0.29) is 6.04 Å². The van der Waals surface area contributed by atoms with E-state index in [0.717, 1.165) is 22.2 Å². The van der Waals surface area contributed by atoms with E-state index in [4.69, 9.17) is 0 Å². The first-order valence-electron chi connectivity index (χ1n) is 6.93. The van der Waals surface area contributed by atoms with Crippen molar-refractivity contribution in [2.75, 3.05) is 0 Å². The summed E-state index contributed by atoms with van der Waals surface area (Å²) in [7, 11) is 0. The maximum absolute atomic E-state index is 11.0. The smallest absolute Gasteiger partial charge is 0.129 e. The summed E-state index contributed by atoms with van der Waals surface area (Å²) < 4.78 is 2.69. The first kappa shape index (κ1) is 15.3. The second kappa shape index (κ2) is 5.70. The zero-order valence-corrected chi connectivity index (χ0v) is 14.0. The highest BCUT2D eigenvalue weighted by Crippen LogP contribution is 2.35. The fourth-order valence-electron chi connectivity index (χ4n) is 2.39. The molecular formula is C16H21BrN2O. The predicted octanol–water partition coefficient (Wildman–Crippen LogP) is 4.04. The van der Waals surface area contributed by atoms with Gasteiger partial charge in [0.1, 0.15) is 5.60 Å². The van der Waals surface area contributed by atoms with Gasteiger partial charge in [0, 0.05) is 6.04 Å². The van der Waals surface area contributed by atoms with Crippen molar-refractivity contribution in [1.82, 2.24) is 9.78 Å². The lowest BCUT2D eigenvalue weighted by Crippen LogP contribution is -2.28. The van der Waals surface area contributed by atoms with Crippen LogP contribution in [-0.4, -0.2) is 14.9 Å². The van der Waals surface area contributed by atoms with Crippen LogP contribution in [0.1, 0.15) is 50.6 Å². The molecule has 1 aromatic heterocycles. The molecule has 108 valence electrons. The minimum Gasteiger partial charge on any atom is -0.379 e. The molecule has 1 aromatic carbocycles. The van der Waals surface area contributed by atoms with E-state index in [1.807, 2.05) is 23.7 Å². The Morgan fingerprint density at radius 3 is 2.40 bits per heavy atom.